The number of thioether (sulfide) groups is 1. The number of amides is 1. The summed E-state index contributed by atoms with van der Waals surface area (Å²) in [6.07, 6.45) is 4.45. The first-order valence-corrected chi connectivity index (χ1v) is 9.09. The van der Waals surface area contributed by atoms with Crippen molar-refractivity contribution in [2.24, 2.45) is 13.0 Å². The van der Waals surface area contributed by atoms with Crippen molar-refractivity contribution in [2.75, 3.05) is 6.61 Å². The van der Waals surface area contributed by atoms with E-state index in [1.54, 1.807) is 24.0 Å². The number of aliphatic hydroxyl groups is 1. The van der Waals surface area contributed by atoms with Gasteiger partial charge in [0.1, 0.15) is 0 Å². The summed E-state index contributed by atoms with van der Waals surface area (Å²) in [5.41, 5.74) is 1.69. The fraction of sp³-hybridized carbons (Fsp3) is 0.444. The van der Waals surface area contributed by atoms with Gasteiger partial charge in [-0.05, 0) is 30.0 Å². The Labute approximate surface area is 147 Å². The van der Waals surface area contributed by atoms with Crippen LogP contribution in [0.15, 0.2) is 41.8 Å². The van der Waals surface area contributed by atoms with Crippen LogP contribution in [0, 0.1) is 5.92 Å². The minimum Gasteiger partial charge on any atom is -0.394 e. The second kappa shape index (κ2) is 8.89. The molecule has 0 aliphatic carbocycles. The lowest BCUT2D eigenvalue weighted by molar-refractivity contribution is 0.0908. The predicted octanol–water partition coefficient (Wildman–Crippen LogP) is 2.85. The van der Waals surface area contributed by atoms with Crippen LogP contribution in [-0.4, -0.2) is 33.2 Å². The molecular formula is C18H25N3O2S. The highest BCUT2D eigenvalue weighted by molar-refractivity contribution is 7.98. The summed E-state index contributed by atoms with van der Waals surface area (Å²) < 4.78 is 1.97. The van der Waals surface area contributed by atoms with E-state index in [1.807, 2.05) is 36.0 Å². The molecule has 0 aliphatic heterocycles. The number of aryl methyl sites for hydroxylation is 1. The predicted molar refractivity (Wildman–Crippen MR) is 97.0 cm³/mol. The minimum atomic E-state index is -0.205. The van der Waals surface area contributed by atoms with Crippen LogP contribution in [0.1, 0.15) is 36.2 Å². The topological polar surface area (TPSA) is 67.2 Å². The molecule has 1 aromatic carbocycles. The number of hydrogen-bond acceptors (Lipinski definition) is 4. The number of aromatic nitrogens is 2. The molecule has 24 heavy (non-hydrogen) atoms. The lowest BCUT2D eigenvalue weighted by Gasteiger charge is -2.18. The third-order valence-electron chi connectivity index (χ3n) is 3.65. The van der Waals surface area contributed by atoms with Crippen molar-refractivity contribution >= 4 is 17.7 Å². The number of nitrogens with zero attached hydrogens (tertiary/aromatic N) is 2. The number of benzene rings is 1. The Bertz CT molecular complexity index is 670. The van der Waals surface area contributed by atoms with E-state index in [0.717, 1.165) is 22.9 Å². The zero-order chi connectivity index (χ0) is 17.5. The molecule has 0 bridgehead atoms. The molecule has 0 saturated heterocycles. The van der Waals surface area contributed by atoms with Crippen molar-refractivity contribution in [3.05, 3.63) is 47.8 Å². The molecule has 1 amide bonds. The van der Waals surface area contributed by atoms with Gasteiger partial charge in [0.15, 0.2) is 5.16 Å². The van der Waals surface area contributed by atoms with Crippen LogP contribution in [0.2, 0.25) is 0 Å². The van der Waals surface area contributed by atoms with E-state index >= 15 is 0 Å². The van der Waals surface area contributed by atoms with E-state index in [2.05, 4.69) is 24.1 Å². The molecule has 0 spiro atoms. The molecule has 1 atom stereocenters. The number of nitrogens with one attached hydrogen (secondary N) is 1. The van der Waals surface area contributed by atoms with Gasteiger partial charge in [-0.1, -0.05) is 37.7 Å². The smallest absolute Gasteiger partial charge is 0.251 e. The van der Waals surface area contributed by atoms with Crippen LogP contribution < -0.4 is 5.32 Å². The highest BCUT2D eigenvalue weighted by atomic mass is 32.2. The Morgan fingerprint density at radius 1 is 1.42 bits per heavy atom. The first-order valence-electron chi connectivity index (χ1n) is 8.10. The van der Waals surface area contributed by atoms with Crippen LogP contribution in [-0.2, 0) is 12.8 Å². The van der Waals surface area contributed by atoms with E-state index < -0.39 is 0 Å². The fourth-order valence-corrected chi connectivity index (χ4v) is 3.33. The molecule has 6 heteroatoms. The summed E-state index contributed by atoms with van der Waals surface area (Å²) >= 11 is 1.63. The third kappa shape index (κ3) is 5.39. The van der Waals surface area contributed by atoms with Gasteiger partial charge in [-0.2, -0.15) is 0 Å². The summed E-state index contributed by atoms with van der Waals surface area (Å²) in [7, 11) is 1.96. The second-order valence-corrected chi connectivity index (χ2v) is 7.23. The molecule has 5 nitrogen and oxygen atoms in total. The quantitative estimate of drug-likeness (QED) is 0.721. The molecule has 0 aliphatic rings. The fourth-order valence-electron chi connectivity index (χ4n) is 2.46. The molecule has 0 radical (unpaired) electrons. The molecule has 130 valence electrons. The molecule has 2 N–H and O–H groups in total. The summed E-state index contributed by atoms with van der Waals surface area (Å²) in [5.74, 6) is 1.03. The van der Waals surface area contributed by atoms with Gasteiger partial charge in [0.2, 0.25) is 0 Å². The van der Waals surface area contributed by atoms with Gasteiger partial charge >= 0.3 is 0 Å². The SMILES string of the molecule is CC(C)CC(CO)NC(=O)c1cccc(CSc2nccn2C)c1. The van der Waals surface area contributed by atoms with Crippen molar-refractivity contribution in [3.8, 4) is 0 Å². The number of aliphatic hydroxyl groups excluding tert-OH is 1. The summed E-state index contributed by atoms with van der Waals surface area (Å²) in [6, 6.07) is 7.38. The van der Waals surface area contributed by atoms with E-state index in [4.69, 9.17) is 0 Å². The zero-order valence-electron chi connectivity index (χ0n) is 14.4. The monoisotopic (exact) mass is 347 g/mol. The van der Waals surface area contributed by atoms with Crippen molar-refractivity contribution in [3.63, 3.8) is 0 Å². The minimum absolute atomic E-state index is 0.0430. The van der Waals surface area contributed by atoms with E-state index in [0.29, 0.717) is 11.5 Å². The summed E-state index contributed by atoms with van der Waals surface area (Å²) in [6.45, 7) is 4.10. The number of imidazole rings is 1. The van der Waals surface area contributed by atoms with Gasteiger partial charge in [0.25, 0.3) is 5.91 Å². The van der Waals surface area contributed by atoms with Gasteiger partial charge in [-0.3, -0.25) is 4.79 Å². The lowest BCUT2D eigenvalue weighted by atomic mass is 10.0. The molecule has 1 heterocycles. The second-order valence-electron chi connectivity index (χ2n) is 6.29. The van der Waals surface area contributed by atoms with Crippen LogP contribution in [0.5, 0.6) is 0 Å². The highest BCUT2D eigenvalue weighted by Gasteiger charge is 2.14. The van der Waals surface area contributed by atoms with E-state index in [1.165, 1.54) is 0 Å². The van der Waals surface area contributed by atoms with Crippen molar-refractivity contribution in [1.29, 1.82) is 0 Å². The van der Waals surface area contributed by atoms with E-state index in [9.17, 15) is 9.90 Å². The standard InChI is InChI=1S/C18H25N3O2S/c1-13(2)9-16(11-22)20-17(23)15-6-4-5-14(10-15)12-24-18-19-7-8-21(18)3/h4-8,10,13,16,22H,9,11-12H2,1-3H3,(H,20,23). The first-order chi connectivity index (χ1) is 11.5. The van der Waals surface area contributed by atoms with Gasteiger partial charge in [0.05, 0.1) is 12.6 Å². The number of carbonyl (C=O) groups excluding carboxylic acids is 1. The Balaban J connectivity index is 1.98. The molecular weight excluding hydrogens is 322 g/mol. The molecule has 2 rings (SSSR count). The van der Waals surface area contributed by atoms with Gasteiger partial charge < -0.3 is 15.0 Å². The molecule has 1 aromatic heterocycles. The van der Waals surface area contributed by atoms with Crippen LogP contribution in [0.25, 0.3) is 0 Å². The largest absolute Gasteiger partial charge is 0.394 e. The van der Waals surface area contributed by atoms with Crippen molar-refractivity contribution in [2.45, 2.75) is 37.2 Å². The van der Waals surface area contributed by atoms with Gasteiger partial charge in [0, 0.05) is 30.8 Å². The average molecular weight is 347 g/mol. The van der Waals surface area contributed by atoms with Crippen LogP contribution in [0.4, 0.5) is 0 Å². The molecule has 2 aromatic rings. The average Bonchev–Trinajstić information content (AvgIpc) is 2.97. The first kappa shape index (κ1) is 18.5. The normalized spacial score (nSPS) is 12.4. The Hall–Kier alpha value is -1.79. The third-order valence-corrected chi connectivity index (χ3v) is 4.77. The zero-order valence-corrected chi connectivity index (χ0v) is 15.2. The lowest BCUT2D eigenvalue weighted by Crippen LogP contribution is -2.38. The number of carbonyl (C=O) groups is 1. The summed E-state index contributed by atoms with van der Waals surface area (Å²) in [4.78, 5) is 16.7. The van der Waals surface area contributed by atoms with Crippen LogP contribution >= 0.6 is 11.8 Å². The summed E-state index contributed by atoms with van der Waals surface area (Å²) in [5, 5.41) is 13.3. The maximum absolute atomic E-state index is 12.4. The number of hydrogen-bond donors (Lipinski definition) is 2. The van der Waals surface area contributed by atoms with E-state index in [-0.39, 0.29) is 18.6 Å². The molecule has 0 fully saturated rings. The van der Waals surface area contributed by atoms with Crippen molar-refractivity contribution in [1.82, 2.24) is 14.9 Å². The maximum atomic E-state index is 12.4. The highest BCUT2D eigenvalue weighted by Crippen LogP contribution is 2.21. The van der Waals surface area contributed by atoms with Crippen molar-refractivity contribution < 1.29 is 9.90 Å². The maximum Gasteiger partial charge on any atom is 0.251 e. The van der Waals surface area contributed by atoms with Gasteiger partial charge in [-0.25, -0.2) is 4.98 Å². The molecule has 0 saturated carbocycles. The Morgan fingerprint density at radius 2 is 2.21 bits per heavy atom. The Morgan fingerprint density at radius 3 is 2.83 bits per heavy atom. The molecule has 1 unspecified atom stereocenters. The van der Waals surface area contributed by atoms with Crippen LogP contribution in [0.3, 0.4) is 0 Å². The number of rotatable bonds is 8. The Kier molecular flexibility index (Phi) is 6.87. The van der Waals surface area contributed by atoms with Gasteiger partial charge in [-0.15, -0.1) is 0 Å².